The van der Waals surface area contributed by atoms with E-state index < -0.39 is 5.97 Å². The van der Waals surface area contributed by atoms with Crippen molar-refractivity contribution in [3.63, 3.8) is 0 Å². The van der Waals surface area contributed by atoms with Crippen LogP contribution in [0.5, 0.6) is 0 Å². The number of carbonyl (C=O) groups is 1. The van der Waals surface area contributed by atoms with Crippen LogP contribution in [0.25, 0.3) is 0 Å². The van der Waals surface area contributed by atoms with Gasteiger partial charge in [-0.25, -0.2) is 19.2 Å². The number of ether oxygens (including phenoxy) is 1. The number of halogens is 1. The molecule has 0 spiro atoms. The van der Waals surface area contributed by atoms with Crippen LogP contribution in [-0.4, -0.2) is 22.5 Å². The molecule has 2 aromatic rings. The monoisotopic (exact) mass is 289 g/mol. The highest BCUT2D eigenvalue weighted by atomic mass is 19.1. The molecule has 0 amide bonds. The zero-order valence-corrected chi connectivity index (χ0v) is 11.9. The highest BCUT2D eigenvalue weighted by molar-refractivity contribution is 5.95. The van der Waals surface area contributed by atoms with Gasteiger partial charge in [0.15, 0.2) is 0 Å². The zero-order valence-electron chi connectivity index (χ0n) is 11.9. The summed E-state index contributed by atoms with van der Waals surface area (Å²) >= 11 is 0. The van der Waals surface area contributed by atoms with Crippen molar-refractivity contribution in [1.29, 1.82) is 0 Å². The number of rotatable bonds is 4. The topological polar surface area (TPSA) is 78.1 Å². The summed E-state index contributed by atoms with van der Waals surface area (Å²) in [7, 11) is 0. The van der Waals surface area contributed by atoms with Crippen LogP contribution in [0.1, 0.15) is 34.4 Å². The number of nitrogens with two attached hydrogens (primary N) is 1. The van der Waals surface area contributed by atoms with E-state index in [0.717, 1.165) is 5.56 Å². The quantitative estimate of drug-likeness (QED) is 0.874. The lowest BCUT2D eigenvalue weighted by Gasteiger charge is -2.09. The average molecular weight is 289 g/mol. The van der Waals surface area contributed by atoms with Crippen LogP contribution >= 0.6 is 0 Å². The van der Waals surface area contributed by atoms with E-state index in [1.54, 1.807) is 26.0 Å². The number of carbonyl (C=O) groups excluding carboxylic acids is 1. The van der Waals surface area contributed by atoms with E-state index in [4.69, 9.17) is 10.5 Å². The maximum absolute atomic E-state index is 13.2. The average Bonchev–Trinajstić information content (AvgIpc) is 2.38. The summed E-state index contributed by atoms with van der Waals surface area (Å²) < 4.78 is 18.1. The first-order chi connectivity index (χ1) is 10.0. The van der Waals surface area contributed by atoms with E-state index in [-0.39, 0.29) is 23.8 Å². The van der Waals surface area contributed by atoms with Gasteiger partial charge >= 0.3 is 5.97 Å². The van der Waals surface area contributed by atoms with Crippen molar-refractivity contribution in [2.45, 2.75) is 20.3 Å². The van der Waals surface area contributed by atoms with Gasteiger partial charge in [-0.2, -0.15) is 0 Å². The molecule has 0 saturated heterocycles. The smallest absolute Gasteiger partial charge is 0.343 e. The largest absolute Gasteiger partial charge is 0.462 e. The van der Waals surface area contributed by atoms with Crippen molar-refractivity contribution in [3.8, 4) is 0 Å². The second kappa shape index (κ2) is 6.30. The predicted molar refractivity (Wildman–Crippen MR) is 76.3 cm³/mol. The summed E-state index contributed by atoms with van der Waals surface area (Å²) in [5, 5.41) is 0. The fourth-order valence-corrected chi connectivity index (χ4v) is 2.02. The number of esters is 1. The second-order valence-electron chi connectivity index (χ2n) is 4.51. The molecule has 0 atom stereocenters. The number of benzene rings is 1. The first-order valence-corrected chi connectivity index (χ1v) is 6.55. The molecule has 0 aliphatic rings. The van der Waals surface area contributed by atoms with Gasteiger partial charge in [0.1, 0.15) is 23.0 Å². The van der Waals surface area contributed by atoms with Crippen molar-refractivity contribution in [2.24, 2.45) is 0 Å². The lowest BCUT2D eigenvalue weighted by atomic mass is 10.1. The molecule has 1 aromatic heterocycles. The Morgan fingerprint density at radius 1 is 1.38 bits per heavy atom. The molecule has 1 heterocycles. The van der Waals surface area contributed by atoms with Crippen LogP contribution in [0.15, 0.2) is 24.3 Å². The third-order valence-electron chi connectivity index (χ3n) is 2.90. The number of aromatic nitrogens is 2. The first kappa shape index (κ1) is 14.9. The molecule has 5 nitrogen and oxygen atoms in total. The summed E-state index contributed by atoms with van der Waals surface area (Å²) in [5.41, 5.74) is 7.18. The molecule has 2 rings (SSSR count). The molecule has 0 aliphatic heterocycles. The number of nitrogen functional groups attached to an aromatic ring is 1. The molecule has 2 N–H and O–H groups in total. The van der Waals surface area contributed by atoms with Crippen molar-refractivity contribution < 1.29 is 13.9 Å². The Labute approximate surface area is 122 Å². The molecule has 6 heteroatoms. The molecule has 1 aromatic carbocycles. The predicted octanol–water partition coefficient (Wildman–Crippen LogP) is 2.27. The molecule has 0 saturated carbocycles. The summed E-state index contributed by atoms with van der Waals surface area (Å²) in [5.74, 6) is -0.346. The van der Waals surface area contributed by atoms with Gasteiger partial charge in [0.25, 0.3) is 0 Å². The SMILES string of the molecule is CCOC(=O)c1c(C)nc(Cc2cccc(F)c2)nc1N. The third kappa shape index (κ3) is 3.53. The van der Waals surface area contributed by atoms with Gasteiger partial charge in [-0.05, 0) is 31.5 Å². The van der Waals surface area contributed by atoms with Crippen molar-refractivity contribution in [1.82, 2.24) is 9.97 Å². The van der Waals surface area contributed by atoms with Crippen LogP contribution in [0, 0.1) is 12.7 Å². The summed E-state index contributed by atoms with van der Waals surface area (Å²) in [4.78, 5) is 20.1. The molecule has 21 heavy (non-hydrogen) atoms. The second-order valence-corrected chi connectivity index (χ2v) is 4.51. The Morgan fingerprint density at radius 3 is 2.76 bits per heavy atom. The molecular formula is C15H16FN3O2. The zero-order chi connectivity index (χ0) is 15.4. The fourth-order valence-electron chi connectivity index (χ4n) is 2.02. The van der Waals surface area contributed by atoms with Gasteiger partial charge in [0, 0.05) is 6.42 Å². The Kier molecular flexibility index (Phi) is 4.47. The minimum atomic E-state index is -0.537. The number of hydrogen-bond donors (Lipinski definition) is 1. The van der Waals surface area contributed by atoms with Crippen molar-refractivity contribution >= 4 is 11.8 Å². The van der Waals surface area contributed by atoms with E-state index in [1.165, 1.54) is 12.1 Å². The van der Waals surface area contributed by atoms with Gasteiger partial charge in [0.2, 0.25) is 0 Å². The third-order valence-corrected chi connectivity index (χ3v) is 2.90. The molecule has 0 aliphatic carbocycles. The highest BCUT2D eigenvalue weighted by Crippen LogP contribution is 2.16. The van der Waals surface area contributed by atoms with Crippen LogP contribution in [0.4, 0.5) is 10.2 Å². The van der Waals surface area contributed by atoms with E-state index in [2.05, 4.69) is 9.97 Å². The van der Waals surface area contributed by atoms with Gasteiger partial charge < -0.3 is 10.5 Å². The fraction of sp³-hybridized carbons (Fsp3) is 0.267. The first-order valence-electron chi connectivity index (χ1n) is 6.55. The Balaban J connectivity index is 2.29. The van der Waals surface area contributed by atoms with Crippen LogP contribution in [0.3, 0.4) is 0 Å². The summed E-state index contributed by atoms with van der Waals surface area (Å²) in [6.45, 7) is 3.63. The van der Waals surface area contributed by atoms with E-state index in [1.807, 2.05) is 0 Å². The van der Waals surface area contributed by atoms with E-state index in [0.29, 0.717) is 17.9 Å². The number of aryl methyl sites for hydroxylation is 1. The minimum Gasteiger partial charge on any atom is -0.462 e. The minimum absolute atomic E-state index is 0.0763. The number of nitrogens with zero attached hydrogens (tertiary/aromatic N) is 2. The Morgan fingerprint density at radius 2 is 2.14 bits per heavy atom. The highest BCUT2D eigenvalue weighted by Gasteiger charge is 2.18. The van der Waals surface area contributed by atoms with Crippen molar-refractivity contribution in [2.75, 3.05) is 12.3 Å². The Bertz CT molecular complexity index is 651. The van der Waals surface area contributed by atoms with Gasteiger partial charge in [0.05, 0.1) is 12.3 Å². The van der Waals surface area contributed by atoms with E-state index >= 15 is 0 Å². The number of hydrogen-bond acceptors (Lipinski definition) is 5. The van der Waals surface area contributed by atoms with Gasteiger partial charge in [-0.1, -0.05) is 12.1 Å². The van der Waals surface area contributed by atoms with Crippen LogP contribution in [0.2, 0.25) is 0 Å². The lowest BCUT2D eigenvalue weighted by Crippen LogP contribution is -2.14. The molecular weight excluding hydrogens is 273 g/mol. The maximum atomic E-state index is 13.2. The van der Waals surface area contributed by atoms with Crippen LogP contribution < -0.4 is 5.73 Å². The van der Waals surface area contributed by atoms with Gasteiger partial charge in [-0.3, -0.25) is 0 Å². The van der Waals surface area contributed by atoms with Crippen LogP contribution in [-0.2, 0) is 11.2 Å². The maximum Gasteiger partial charge on any atom is 0.343 e. The Hall–Kier alpha value is -2.50. The summed E-state index contributed by atoms with van der Waals surface area (Å²) in [6.07, 6.45) is 0.339. The molecule has 0 unspecified atom stereocenters. The standard InChI is InChI=1S/C15H16FN3O2/c1-3-21-15(20)13-9(2)18-12(19-14(13)17)8-10-5-4-6-11(16)7-10/h4-7H,3,8H2,1-2H3,(H2,17,18,19). The van der Waals surface area contributed by atoms with E-state index in [9.17, 15) is 9.18 Å². The molecule has 0 fully saturated rings. The normalized spacial score (nSPS) is 10.4. The van der Waals surface area contributed by atoms with Crippen molar-refractivity contribution in [3.05, 3.63) is 52.7 Å². The molecule has 0 bridgehead atoms. The van der Waals surface area contributed by atoms with Gasteiger partial charge in [-0.15, -0.1) is 0 Å². The summed E-state index contributed by atoms with van der Waals surface area (Å²) in [6, 6.07) is 6.17. The molecule has 110 valence electrons. The molecule has 0 radical (unpaired) electrons. The number of anilines is 1. The lowest BCUT2D eigenvalue weighted by molar-refractivity contribution is 0.0526.